The van der Waals surface area contributed by atoms with Crippen LogP contribution in [0.25, 0.3) is 10.2 Å². The quantitative estimate of drug-likeness (QED) is 0.689. The van der Waals surface area contributed by atoms with E-state index in [2.05, 4.69) is 4.99 Å². The lowest BCUT2D eigenvalue weighted by Gasteiger charge is -2.07. The number of fused-ring (bicyclic) bond motifs is 1. The summed E-state index contributed by atoms with van der Waals surface area (Å²) in [6.07, 6.45) is 0. The molecule has 0 radical (unpaired) electrons. The van der Waals surface area contributed by atoms with Crippen LogP contribution in [0.15, 0.2) is 41.4 Å². The van der Waals surface area contributed by atoms with Crippen LogP contribution in [0.1, 0.15) is 17.3 Å². The minimum Gasteiger partial charge on any atom is -0.493 e. The smallest absolute Gasteiger partial charge is 0.279 e. The van der Waals surface area contributed by atoms with Crippen molar-refractivity contribution in [3.05, 3.63) is 46.8 Å². The molecule has 26 heavy (non-hydrogen) atoms. The molecule has 0 fully saturated rings. The maximum atomic E-state index is 12.6. The Kier molecular flexibility index (Phi) is 5.27. The molecular weight excluding hydrogens is 352 g/mol. The predicted octanol–water partition coefficient (Wildman–Crippen LogP) is 3.40. The maximum absolute atomic E-state index is 12.6. The number of para-hydroxylation sites is 1. The van der Waals surface area contributed by atoms with E-state index < -0.39 is 0 Å². The van der Waals surface area contributed by atoms with Gasteiger partial charge in [0.15, 0.2) is 16.3 Å². The SMILES string of the molecule is CCOc1cccc2sc(=NC(=O)c3ccc(OC)c(OC)c3)n(C)c12. The number of carbonyl (C=O) groups is 1. The summed E-state index contributed by atoms with van der Waals surface area (Å²) in [5.74, 6) is 1.50. The molecular formula is C19H20N2O4S. The average molecular weight is 372 g/mol. The molecule has 6 nitrogen and oxygen atoms in total. The first-order valence-corrected chi connectivity index (χ1v) is 8.93. The second kappa shape index (κ2) is 7.61. The molecule has 3 aromatic rings. The molecule has 1 aromatic heterocycles. The van der Waals surface area contributed by atoms with Gasteiger partial charge in [0.05, 0.1) is 25.5 Å². The van der Waals surface area contributed by atoms with E-state index in [0.29, 0.717) is 28.5 Å². The lowest BCUT2D eigenvalue weighted by molar-refractivity contribution is 0.0997. The van der Waals surface area contributed by atoms with Crippen LogP contribution in [0.5, 0.6) is 17.2 Å². The molecule has 1 heterocycles. The molecule has 0 aliphatic carbocycles. The topological polar surface area (TPSA) is 62.1 Å². The number of carbonyl (C=O) groups excluding carboxylic acids is 1. The summed E-state index contributed by atoms with van der Waals surface area (Å²) in [5, 5.41) is 0. The zero-order chi connectivity index (χ0) is 18.7. The second-order valence-electron chi connectivity index (χ2n) is 5.47. The lowest BCUT2D eigenvalue weighted by atomic mass is 10.2. The van der Waals surface area contributed by atoms with E-state index in [4.69, 9.17) is 14.2 Å². The number of hydrogen-bond acceptors (Lipinski definition) is 5. The molecule has 2 aromatic carbocycles. The number of benzene rings is 2. The van der Waals surface area contributed by atoms with E-state index in [1.54, 1.807) is 25.3 Å². The summed E-state index contributed by atoms with van der Waals surface area (Å²) < 4.78 is 19.0. The zero-order valence-corrected chi connectivity index (χ0v) is 15.9. The standard InChI is InChI=1S/C19H20N2O4S/c1-5-25-14-7-6-8-16-17(14)21(2)19(26-16)20-18(22)12-9-10-13(23-3)15(11-12)24-4/h6-11H,5H2,1-4H3. The molecule has 0 bridgehead atoms. The van der Waals surface area contributed by atoms with Crippen LogP contribution < -0.4 is 19.0 Å². The van der Waals surface area contributed by atoms with Crippen molar-refractivity contribution in [2.75, 3.05) is 20.8 Å². The van der Waals surface area contributed by atoms with Crippen molar-refractivity contribution < 1.29 is 19.0 Å². The number of rotatable bonds is 5. The first-order chi connectivity index (χ1) is 12.6. The van der Waals surface area contributed by atoms with Crippen molar-refractivity contribution in [1.82, 2.24) is 4.57 Å². The van der Waals surface area contributed by atoms with Crippen molar-refractivity contribution in [1.29, 1.82) is 0 Å². The monoisotopic (exact) mass is 372 g/mol. The van der Waals surface area contributed by atoms with Gasteiger partial charge in [-0.2, -0.15) is 4.99 Å². The van der Waals surface area contributed by atoms with Gasteiger partial charge < -0.3 is 18.8 Å². The Labute approximate surface area is 155 Å². The number of ether oxygens (including phenoxy) is 3. The largest absolute Gasteiger partial charge is 0.493 e. The van der Waals surface area contributed by atoms with Crippen molar-refractivity contribution in [2.45, 2.75) is 6.92 Å². The van der Waals surface area contributed by atoms with Gasteiger partial charge in [-0.25, -0.2) is 0 Å². The summed E-state index contributed by atoms with van der Waals surface area (Å²) in [6.45, 7) is 2.52. The molecule has 0 spiro atoms. The molecule has 0 aliphatic rings. The van der Waals surface area contributed by atoms with Gasteiger partial charge in [0.1, 0.15) is 11.3 Å². The predicted molar refractivity (Wildman–Crippen MR) is 101 cm³/mol. The number of nitrogens with zero attached hydrogens (tertiary/aromatic N) is 2. The Hall–Kier alpha value is -2.80. The first kappa shape index (κ1) is 18.0. The highest BCUT2D eigenvalue weighted by molar-refractivity contribution is 7.16. The van der Waals surface area contributed by atoms with Gasteiger partial charge in [-0.3, -0.25) is 4.79 Å². The van der Waals surface area contributed by atoms with E-state index >= 15 is 0 Å². The number of amides is 1. The summed E-state index contributed by atoms with van der Waals surface area (Å²) in [7, 11) is 4.96. The Morgan fingerprint density at radius 2 is 1.88 bits per heavy atom. The van der Waals surface area contributed by atoms with Crippen molar-refractivity contribution in [2.24, 2.45) is 12.0 Å². The highest BCUT2D eigenvalue weighted by Crippen LogP contribution is 2.28. The molecule has 0 atom stereocenters. The highest BCUT2D eigenvalue weighted by atomic mass is 32.1. The van der Waals surface area contributed by atoms with Crippen molar-refractivity contribution in [3.63, 3.8) is 0 Å². The van der Waals surface area contributed by atoms with Gasteiger partial charge in [0, 0.05) is 12.6 Å². The molecule has 1 amide bonds. The fraction of sp³-hybridized carbons (Fsp3) is 0.263. The number of aryl methyl sites for hydroxylation is 1. The van der Waals surface area contributed by atoms with E-state index in [1.165, 1.54) is 18.4 Å². The average Bonchev–Trinajstić information content (AvgIpc) is 2.98. The molecule has 0 saturated carbocycles. The lowest BCUT2D eigenvalue weighted by Crippen LogP contribution is -2.13. The van der Waals surface area contributed by atoms with Gasteiger partial charge in [0.25, 0.3) is 5.91 Å². The fourth-order valence-corrected chi connectivity index (χ4v) is 3.70. The third-order valence-electron chi connectivity index (χ3n) is 3.91. The van der Waals surface area contributed by atoms with Gasteiger partial charge in [-0.05, 0) is 37.3 Å². The van der Waals surface area contributed by atoms with Crippen LogP contribution in [0.2, 0.25) is 0 Å². The zero-order valence-electron chi connectivity index (χ0n) is 15.1. The van der Waals surface area contributed by atoms with E-state index in [0.717, 1.165) is 16.0 Å². The Morgan fingerprint density at radius 1 is 1.12 bits per heavy atom. The van der Waals surface area contributed by atoms with Crippen LogP contribution in [0.4, 0.5) is 0 Å². The Bertz CT molecular complexity index is 1020. The number of aromatic nitrogens is 1. The summed E-state index contributed by atoms with van der Waals surface area (Å²) >= 11 is 1.44. The molecule has 7 heteroatoms. The summed E-state index contributed by atoms with van der Waals surface area (Å²) in [5.41, 5.74) is 1.36. The normalized spacial score (nSPS) is 11.6. The van der Waals surface area contributed by atoms with E-state index in [9.17, 15) is 4.79 Å². The first-order valence-electron chi connectivity index (χ1n) is 8.11. The Balaban J connectivity index is 2.06. The molecule has 0 N–H and O–H groups in total. The summed E-state index contributed by atoms with van der Waals surface area (Å²) in [6, 6.07) is 10.8. The molecule has 0 saturated heterocycles. The highest BCUT2D eigenvalue weighted by Gasteiger charge is 2.13. The third-order valence-corrected chi connectivity index (χ3v) is 5.01. The fourth-order valence-electron chi connectivity index (χ4n) is 2.67. The van der Waals surface area contributed by atoms with Crippen LogP contribution in [0, 0.1) is 0 Å². The third kappa shape index (κ3) is 3.30. The maximum Gasteiger partial charge on any atom is 0.279 e. The molecule has 0 aliphatic heterocycles. The van der Waals surface area contributed by atoms with E-state index in [-0.39, 0.29) is 5.91 Å². The second-order valence-corrected chi connectivity index (χ2v) is 6.48. The number of methoxy groups -OCH3 is 2. The summed E-state index contributed by atoms with van der Waals surface area (Å²) in [4.78, 5) is 17.5. The van der Waals surface area contributed by atoms with Gasteiger partial charge in [-0.15, -0.1) is 0 Å². The van der Waals surface area contributed by atoms with Crippen molar-refractivity contribution >= 4 is 27.5 Å². The van der Waals surface area contributed by atoms with Gasteiger partial charge in [0.2, 0.25) is 0 Å². The number of hydrogen-bond donors (Lipinski definition) is 0. The minimum absolute atomic E-state index is 0.342. The Morgan fingerprint density at radius 3 is 2.58 bits per heavy atom. The number of thiazole rings is 1. The van der Waals surface area contributed by atoms with Crippen LogP contribution in [-0.2, 0) is 7.05 Å². The van der Waals surface area contributed by atoms with E-state index in [1.807, 2.05) is 36.7 Å². The molecule has 136 valence electrons. The molecule has 0 unspecified atom stereocenters. The van der Waals surface area contributed by atoms with Crippen LogP contribution in [-0.4, -0.2) is 31.3 Å². The van der Waals surface area contributed by atoms with Crippen LogP contribution >= 0.6 is 11.3 Å². The van der Waals surface area contributed by atoms with Crippen molar-refractivity contribution in [3.8, 4) is 17.2 Å². The van der Waals surface area contributed by atoms with Crippen LogP contribution in [0.3, 0.4) is 0 Å². The molecule has 3 rings (SSSR count). The minimum atomic E-state index is -0.342. The van der Waals surface area contributed by atoms with Gasteiger partial charge in [-0.1, -0.05) is 17.4 Å². The van der Waals surface area contributed by atoms with Gasteiger partial charge >= 0.3 is 0 Å².